The number of rotatable bonds is 5. The second kappa shape index (κ2) is 5.76. The summed E-state index contributed by atoms with van der Waals surface area (Å²) in [6.45, 7) is 2.65. The highest BCUT2D eigenvalue weighted by atomic mass is 32.2. The van der Waals surface area contributed by atoms with Gasteiger partial charge in [-0.25, -0.2) is 22.9 Å². The first-order chi connectivity index (χ1) is 9.38. The Morgan fingerprint density at radius 1 is 1.65 bits per heavy atom. The molecule has 0 radical (unpaired) electrons. The summed E-state index contributed by atoms with van der Waals surface area (Å²) in [5.74, 6) is -0.769. The van der Waals surface area contributed by atoms with Crippen LogP contribution in [0.2, 0.25) is 0 Å². The average molecular weight is 320 g/mol. The van der Waals surface area contributed by atoms with Gasteiger partial charge in [-0.3, -0.25) is 0 Å². The number of ether oxygens (including phenoxy) is 2. The summed E-state index contributed by atoms with van der Waals surface area (Å²) in [5, 5.41) is 0. The van der Waals surface area contributed by atoms with E-state index in [9.17, 15) is 13.2 Å². The van der Waals surface area contributed by atoms with Crippen LogP contribution < -0.4 is 4.72 Å². The third-order valence-corrected chi connectivity index (χ3v) is 5.87. The minimum atomic E-state index is -3.80. The van der Waals surface area contributed by atoms with E-state index in [2.05, 4.69) is 14.4 Å². The molecule has 2 heterocycles. The number of nitrogens with one attached hydrogen (secondary N) is 1. The van der Waals surface area contributed by atoms with Crippen molar-refractivity contribution in [2.75, 3.05) is 20.3 Å². The molecular weight excluding hydrogens is 304 g/mol. The second-order valence-corrected chi connectivity index (χ2v) is 7.52. The fraction of sp³-hybridized carbons (Fsp3) is 0.636. The maximum absolute atomic E-state index is 12.2. The van der Waals surface area contributed by atoms with Gasteiger partial charge in [-0.2, -0.15) is 0 Å². The number of hydrogen-bond acceptors (Lipinski definition) is 7. The number of carbonyl (C=O) groups excluding carboxylic acids is 1. The van der Waals surface area contributed by atoms with E-state index in [1.165, 1.54) is 12.6 Å². The van der Waals surface area contributed by atoms with Crippen LogP contribution in [0.1, 0.15) is 30.3 Å². The van der Waals surface area contributed by atoms with Crippen LogP contribution in [0.5, 0.6) is 0 Å². The van der Waals surface area contributed by atoms with E-state index in [4.69, 9.17) is 4.74 Å². The van der Waals surface area contributed by atoms with Gasteiger partial charge in [-0.1, -0.05) is 0 Å². The summed E-state index contributed by atoms with van der Waals surface area (Å²) in [5.41, 5.74) is 0.611. The van der Waals surface area contributed by atoms with Crippen LogP contribution in [0.3, 0.4) is 0 Å². The van der Waals surface area contributed by atoms with E-state index >= 15 is 0 Å². The van der Waals surface area contributed by atoms with Crippen molar-refractivity contribution in [2.24, 2.45) is 0 Å². The Kier molecular flexibility index (Phi) is 4.43. The molecule has 0 saturated carbocycles. The van der Waals surface area contributed by atoms with Gasteiger partial charge >= 0.3 is 5.97 Å². The quantitative estimate of drug-likeness (QED) is 0.806. The Hall–Kier alpha value is -1.03. The lowest BCUT2D eigenvalue weighted by molar-refractivity contribution is 0.0250. The molecule has 1 atom stereocenters. The minimum Gasteiger partial charge on any atom is -0.464 e. The number of nitrogens with zero attached hydrogens (tertiary/aromatic N) is 1. The summed E-state index contributed by atoms with van der Waals surface area (Å²) in [7, 11) is -2.62. The molecule has 2 rings (SSSR count). The van der Waals surface area contributed by atoms with Gasteiger partial charge in [-0.15, -0.1) is 11.3 Å². The Morgan fingerprint density at radius 2 is 2.40 bits per heavy atom. The van der Waals surface area contributed by atoms with Crippen molar-refractivity contribution >= 4 is 27.3 Å². The standard InChI is InChI=1S/C11H16N2O5S2/c1-11(4-3-5-18-11)6-13-20(15,16)10-8(9(14)17-2)12-7-19-10/h7,13H,3-6H2,1-2H3. The smallest absolute Gasteiger partial charge is 0.358 e. The van der Waals surface area contributed by atoms with Crippen molar-refractivity contribution in [3.8, 4) is 0 Å². The molecule has 20 heavy (non-hydrogen) atoms. The van der Waals surface area contributed by atoms with Crippen LogP contribution in [-0.2, 0) is 19.5 Å². The van der Waals surface area contributed by atoms with E-state index in [1.807, 2.05) is 6.92 Å². The second-order valence-electron chi connectivity index (χ2n) is 4.71. The molecule has 112 valence electrons. The van der Waals surface area contributed by atoms with E-state index in [0.717, 1.165) is 24.2 Å². The summed E-state index contributed by atoms with van der Waals surface area (Å²) in [6.07, 6.45) is 1.70. The van der Waals surface area contributed by atoms with Crippen LogP contribution in [0.15, 0.2) is 9.72 Å². The maximum Gasteiger partial charge on any atom is 0.358 e. The van der Waals surface area contributed by atoms with Crippen molar-refractivity contribution < 1.29 is 22.7 Å². The lowest BCUT2D eigenvalue weighted by Crippen LogP contribution is -2.40. The number of hydrogen-bond donors (Lipinski definition) is 1. The number of sulfonamides is 1. The normalized spacial score (nSPS) is 22.9. The van der Waals surface area contributed by atoms with E-state index in [0.29, 0.717) is 6.61 Å². The molecule has 1 aliphatic rings. The number of esters is 1. The van der Waals surface area contributed by atoms with Crippen molar-refractivity contribution in [3.05, 3.63) is 11.2 Å². The van der Waals surface area contributed by atoms with Crippen LogP contribution in [0.4, 0.5) is 0 Å². The van der Waals surface area contributed by atoms with Gasteiger partial charge in [0.25, 0.3) is 10.0 Å². The molecule has 1 saturated heterocycles. The highest BCUT2D eigenvalue weighted by Crippen LogP contribution is 2.26. The number of methoxy groups -OCH3 is 1. The molecule has 1 N–H and O–H groups in total. The molecule has 0 spiro atoms. The molecule has 1 aliphatic heterocycles. The van der Waals surface area contributed by atoms with E-state index in [-0.39, 0.29) is 16.4 Å². The van der Waals surface area contributed by atoms with Gasteiger partial charge in [0, 0.05) is 13.2 Å². The average Bonchev–Trinajstić information content (AvgIpc) is 3.05. The third kappa shape index (κ3) is 3.17. The lowest BCUT2D eigenvalue weighted by atomic mass is 10.0. The number of thiazole rings is 1. The molecule has 1 unspecified atom stereocenters. The molecule has 0 amide bonds. The summed E-state index contributed by atoms with van der Waals surface area (Å²) < 4.78 is 36.8. The molecular formula is C11H16N2O5S2. The Labute approximate surface area is 121 Å². The lowest BCUT2D eigenvalue weighted by Gasteiger charge is -2.23. The van der Waals surface area contributed by atoms with Crippen molar-refractivity contribution in [3.63, 3.8) is 0 Å². The summed E-state index contributed by atoms with van der Waals surface area (Å²) >= 11 is 0.878. The summed E-state index contributed by atoms with van der Waals surface area (Å²) in [6, 6.07) is 0. The van der Waals surface area contributed by atoms with Crippen molar-refractivity contribution in [1.29, 1.82) is 0 Å². The van der Waals surface area contributed by atoms with Crippen molar-refractivity contribution in [2.45, 2.75) is 29.6 Å². The zero-order chi connectivity index (χ0) is 14.8. The summed E-state index contributed by atoms with van der Waals surface area (Å²) in [4.78, 5) is 15.2. The first-order valence-electron chi connectivity index (χ1n) is 6.03. The zero-order valence-corrected chi connectivity index (χ0v) is 12.8. The Bertz CT molecular complexity index is 590. The molecule has 0 aliphatic carbocycles. The first kappa shape index (κ1) is 15.4. The van der Waals surface area contributed by atoms with Crippen LogP contribution >= 0.6 is 11.3 Å². The Balaban J connectivity index is 2.14. The van der Waals surface area contributed by atoms with Gasteiger partial charge in [0.2, 0.25) is 0 Å². The predicted octanol–water partition coefficient (Wildman–Crippen LogP) is 0.777. The molecule has 9 heteroatoms. The predicted molar refractivity (Wildman–Crippen MR) is 72.2 cm³/mol. The fourth-order valence-electron chi connectivity index (χ4n) is 1.95. The SMILES string of the molecule is COC(=O)c1ncsc1S(=O)(=O)NCC1(C)CCCO1. The molecule has 0 aromatic carbocycles. The zero-order valence-electron chi connectivity index (χ0n) is 11.2. The van der Waals surface area contributed by atoms with Crippen LogP contribution in [-0.4, -0.2) is 45.2 Å². The monoisotopic (exact) mass is 320 g/mol. The molecule has 1 fully saturated rings. The molecule has 0 bridgehead atoms. The highest BCUT2D eigenvalue weighted by molar-refractivity contribution is 7.91. The number of aromatic nitrogens is 1. The maximum atomic E-state index is 12.2. The number of carbonyl (C=O) groups is 1. The van der Waals surface area contributed by atoms with Gasteiger partial charge in [0.1, 0.15) is 0 Å². The van der Waals surface area contributed by atoms with Gasteiger partial charge in [0.05, 0.1) is 18.2 Å². The van der Waals surface area contributed by atoms with Gasteiger partial charge < -0.3 is 9.47 Å². The molecule has 1 aromatic heterocycles. The van der Waals surface area contributed by atoms with E-state index < -0.39 is 21.6 Å². The first-order valence-corrected chi connectivity index (χ1v) is 8.40. The van der Waals surface area contributed by atoms with Crippen molar-refractivity contribution in [1.82, 2.24) is 9.71 Å². The highest BCUT2D eigenvalue weighted by Gasteiger charge is 2.33. The largest absolute Gasteiger partial charge is 0.464 e. The van der Waals surface area contributed by atoms with Gasteiger partial charge in [-0.05, 0) is 19.8 Å². The van der Waals surface area contributed by atoms with E-state index in [1.54, 1.807) is 0 Å². The minimum absolute atomic E-state index is 0.133. The third-order valence-electron chi connectivity index (χ3n) is 3.09. The Morgan fingerprint density at radius 3 is 3.00 bits per heavy atom. The van der Waals surface area contributed by atoms with Gasteiger partial charge in [0.15, 0.2) is 9.90 Å². The van der Waals surface area contributed by atoms with Crippen LogP contribution in [0, 0.1) is 0 Å². The molecule has 1 aromatic rings. The molecule has 7 nitrogen and oxygen atoms in total. The van der Waals surface area contributed by atoms with Crippen LogP contribution in [0.25, 0.3) is 0 Å². The fourth-order valence-corrected chi connectivity index (χ4v) is 4.28. The topological polar surface area (TPSA) is 94.6 Å².